The third-order valence-corrected chi connectivity index (χ3v) is 3.35. The van der Waals surface area contributed by atoms with Gasteiger partial charge in [0.1, 0.15) is 5.82 Å². The van der Waals surface area contributed by atoms with Crippen LogP contribution in [0.1, 0.15) is 18.4 Å². The number of aliphatic hydroxyl groups is 1. The van der Waals surface area contributed by atoms with Crippen LogP contribution < -0.4 is 0 Å². The monoisotopic (exact) mass is 244 g/mol. The van der Waals surface area contributed by atoms with Crippen molar-refractivity contribution in [1.82, 2.24) is 0 Å². The second-order valence-corrected chi connectivity index (χ2v) is 4.42. The van der Waals surface area contributed by atoms with Gasteiger partial charge in [-0.05, 0) is 36.6 Å². The molecule has 0 spiro atoms. The molecule has 0 aliphatic heterocycles. The standard InChI is InChI=1S/C10H10BrFO/c11-9-2-1-7(12)5-8(9)10(6-13)3-4-10/h1-2,5,13H,3-4,6H2. The Morgan fingerprint density at radius 3 is 2.69 bits per heavy atom. The maximum absolute atomic E-state index is 12.9. The third-order valence-electron chi connectivity index (χ3n) is 2.66. The van der Waals surface area contributed by atoms with Crippen LogP contribution in [0.4, 0.5) is 4.39 Å². The lowest BCUT2D eigenvalue weighted by Crippen LogP contribution is -2.12. The summed E-state index contributed by atoms with van der Waals surface area (Å²) in [4.78, 5) is 0. The highest BCUT2D eigenvalue weighted by atomic mass is 79.9. The first kappa shape index (κ1) is 9.16. The van der Waals surface area contributed by atoms with Crippen molar-refractivity contribution >= 4 is 15.9 Å². The lowest BCUT2D eigenvalue weighted by Gasteiger charge is -2.13. The molecule has 0 aromatic heterocycles. The van der Waals surface area contributed by atoms with E-state index in [0.717, 1.165) is 22.9 Å². The average molecular weight is 245 g/mol. The van der Waals surface area contributed by atoms with E-state index < -0.39 is 0 Å². The van der Waals surface area contributed by atoms with Crippen molar-refractivity contribution in [2.45, 2.75) is 18.3 Å². The van der Waals surface area contributed by atoms with Crippen molar-refractivity contribution in [3.05, 3.63) is 34.1 Å². The van der Waals surface area contributed by atoms with Gasteiger partial charge in [-0.3, -0.25) is 0 Å². The second kappa shape index (κ2) is 3.07. The summed E-state index contributed by atoms with van der Waals surface area (Å²) in [5, 5.41) is 9.18. The van der Waals surface area contributed by atoms with E-state index in [2.05, 4.69) is 15.9 Å². The van der Waals surface area contributed by atoms with Crippen LogP contribution in [-0.4, -0.2) is 11.7 Å². The maximum atomic E-state index is 12.9. The molecule has 1 nitrogen and oxygen atoms in total. The molecule has 0 bridgehead atoms. The molecule has 0 atom stereocenters. The summed E-state index contributed by atoms with van der Waals surface area (Å²) < 4.78 is 13.8. The smallest absolute Gasteiger partial charge is 0.123 e. The lowest BCUT2D eigenvalue weighted by molar-refractivity contribution is 0.254. The summed E-state index contributed by atoms with van der Waals surface area (Å²) in [6.07, 6.45) is 1.90. The molecule has 0 radical (unpaired) electrons. The zero-order valence-corrected chi connectivity index (χ0v) is 8.64. The van der Waals surface area contributed by atoms with E-state index in [1.807, 2.05) is 0 Å². The summed E-state index contributed by atoms with van der Waals surface area (Å²) in [5.41, 5.74) is 0.732. The van der Waals surface area contributed by atoms with Crippen LogP contribution in [0, 0.1) is 5.82 Å². The average Bonchev–Trinajstić information content (AvgIpc) is 2.90. The molecule has 70 valence electrons. The van der Waals surface area contributed by atoms with E-state index in [9.17, 15) is 9.50 Å². The number of halogens is 2. The largest absolute Gasteiger partial charge is 0.395 e. The summed E-state index contributed by atoms with van der Waals surface area (Å²) in [7, 11) is 0. The van der Waals surface area contributed by atoms with Crippen molar-refractivity contribution in [3.8, 4) is 0 Å². The van der Waals surface area contributed by atoms with Crippen LogP contribution in [-0.2, 0) is 5.41 Å². The summed E-state index contributed by atoms with van der Waals surface area (Å²) in [5.74, 6) is -0.238. The molecular weight excluding hydrogens is 235 g/mol. The quantitative estimate of drug-likeness (QED) is 0.849. The fourth-order valence-corrected chi connectivity index (χ4v) is 2.23. The molecule has 0 amide bonds. The minimum Gasteiger partial charge on any atom is -0.395 e. The Morgan fingerprint density at radius 2 is 2.15 bits per heavy atom. The zero-order chi connectivity index (χ0) is 9.47. The van der Waals surface area contributed by atoms with Gasteiger partial charge in [-0.25, -0.2) is 4.39 Å². The summed E-state index contributed by atoms with van der Waals surface area (Å²) >= 11 is 3.37. The minimum absolute atomic E-state index is 0.106. The Morgan fingerprint density at radius 1 is 1.46 bits per heavy atom. The number of hydrogen-bond donors (Lipinski definition) is 1. The van der Waals surface area contributed by atoms with Gasteiger partial charge in [0, 0.05) is 9.89 Å². The van der Waals surface area contributed by atoms with E-state index in [-0.39, 0.29) is 17.8 Å². The number of rotatable bonds is 2. The summed E-state index contributed by atoms with van der Waals surface area (Å²) in [6.45, 7) is 0.106. The zero-order valence-electron chi connectivity index (χ0n) is 7.06. The van der Waals surface area contributed by atoms with Gasteiger partial charge >= 0.3 is 0 Å². The highest BCUT2D eigenvalue weighted by Crippen LogP contribution is 2.50. The van der Waals surface area contributed by atoms with Crippen LogP contribution in [0.2, 0.25) is 0 Å². The minimum atomic E-state index is -0.238. The molecule has 1 aromatic carbocycles. The van der Waals surface area contributed by atoms with Gasteiger partial charge in [0.05, 0.1) is 6.61 Å². The van der Waals surface area contributed by atoms with Crippen LogP contribution in [0.3, 0.4) is 0 Å². The molecule has 1 aliphatic rings. The first-order valence-electron chi connectivity index (χ1n) is 4.24. The van der Waals surface area contributed by atoms with Gasteiger partial charge in [0.2, 0.25) is 0 Å². The fraction of sp³-hybridized carbons (Fsp3) is 0.400. The van der Waals surface area contributed by atoms with Gasteiger partial charge in [-0.2, -0.15) is 0 Å². The summed E-state index contributed by atoms with van der Waals surface area (Å²) in [6, 6.07) is 4.62. The molecule has 0 heterocycles. The topological polar surface area (TPSA) is 20.2 Å². The van der Waals surface area contributed by atoms with Gasteiger partial charge < -0.3 is 5.11 Å². The van der Waals surface area contributed by atoms with Gasteiger partial charge in [0.15, 0.2) is 0 Å². The van der Waals surface area contributed by atoms with E-state index in [1.54, 1.807) is 6.07 Å². The van der Waals surface area contributed by atoms with Crippen molar-refractivity contribution in [2.75, 3.05) is 6.61 Å². The van der Waals surface area contributed by atoms with Crippen LogP contribution >= 0.6 is 15.9 Å². The Kier molecular flexibility index (Phi) is 2.16. The molecule has 3 heteroatoms. The van der Waals surface area contributed by atoms with E-state index in [4.69, 9.17) is 0 Å². The van der Waals surface area contributed by atoms with Crippen molar-refractivity contribution < 1.29 is 9.50 Å². The van der Waals surface area contributed by atoms with Gasteiger partial charge in [-0.15, -0.1) is 0 Å². The number of aliphatic hydroxyl groups excluding tert-OH is 1. The van der Waals surface area contributed by atoms with Crippen molar-refractivity contribution in [1.29, 1.82) is 0 Å². The predicted octanol–water partition coefficient (Wildman–Crippen LogP) is 2.61. The second-order valence-electron chi connectivity index (χ2n) is 3.56. The lowest BCUT2D eigenvalue weighted by atomic mass is 9.97. The van der Waals surface area contributed by atoms with E-state index in [1.165, 1.54) is 12.1 Å². The molecule has 13 heavy (non-hydrogen) atoms. The maximum Gasteiger partial charge on any atom is 0.123 e. The third kappa shape index (κ3) is 1.51. The normalized spacial score (nSPS) is 18.7. The Balaban J connectivity index is 2.44. The molecule has 1 N–H and O–H groups in total. The fourth-order valence-electron chi connectivity index (χ4n) is 1.57. The van der Waals surface area contributed by atoms with Crippen molar-refractivity contribution in [3.63, 3.8) is 0 Å². The molecule has 0 saturated heterocycles. The van der Waals surface area contributed by atoms with Crippen LogP contribution in [0.5, 0.6) is 0 Å². The SMILES string of the molecule is OCC1(c2cc(F)ccc2Br)CC1. The molecule has 0 unspecified atom stereocenters. The number of benzene rings is 1. The van der Waals surface area contributed by atoms with E-state index >= 15 is 0 Å². The molecule has 1 saturated carbocycles. The van der Waals surface area contributed by atoms with Gasteiger partial charge in [0.25, 0.3) is 0 Å². The number of hydrogen-bond acceptors (Lipinski definition) is 1. The highest BCUT2D eigenvalue weighted by Gasteiger charge is 2.44. The van der Waals surface area contributed by atoms with E-state index in [0.29, 0.717) is 0 Å². The van der Waals surface area contributed by atoms with Crippen LogP contribution in [0.15, 0.2) is 22.7 Å². The first-order valence-corrected chi connectivity index (χ1v) is 5.04. The molecule has 2 rings (SSSR count). The predicted molar refractivity (Wildman–Crippen MR) is 52.1 cm³/mol. The molecular formula is C10H10BrFO. The van der Waals surface area contributed by atoms with Crippen LogP contribution in [0.25, 0.3) is 0 Å². The highest BCUT2D eigenvalue weighted by molar-refractivity contribution is 9.10. The van der Waals surface area contributed by atoms with Crippen molar-refractivity contribution in [2.24, 2.45) is 0 Å². The van der Waals surface area contributed by atoms with Gasteiger partial charge in [-0.1, -0.05) is 15.9 Å². The first-order chi connectivity index (χ1) is 6.18. The Hall–Kier alpha value is -0.410. The Labute approximate surface area is 84.7 Å². The molecule has 1 aliphatic carbocycles. The molecule has 1 fully saturated rings. The Bertz CT molecular complexity index is 334. The molecule has 1 aromatic rings.